The molecule has 0 radical (unpaired) electrons. The molecule has 0 unspecified atom stereocenters. The molecule has 7 heteroatoms. The molecule has 1 saturated heterocycles. The molecule has 1 aliphatic rings. The van der Waals surface area contributed by atoms with Gasteiger partial charge in [-0.1, -0.05) is 40.2 Å². The van der Waals surface area contributed by atoms with E-state index < -0.39 is 0 Å². The number of aromatic nitrogens is 1. The van der Waals surface area contributed by atoms with Gasteiger partial charge in [-0.15, -0.1) is 24.0 Å². The van der Waals surface area contributed by atoms with Crippen molar-refractivity contribution in [1.82, 2.24) is 15.2 Å². The van der Waals surface area contributed by atoms with E-state index in [9.17, 15) is 0 Å². The summed E-state index contributed by atoms with van der Waals surface area (Å²) in [4.78, 5) is 13.5. The molecule has 1 aromatic heterocycles. The Morgan fingerprint density at radius 2 is 1.96 bits per heavy atom. The Bertz CT molecular complexity index is 744. The number of benzene rings is 1. The van der Waals surface area contributed by atoms with Crippen LogP contribution in [-0.2, 0) is 13.1 Å². The average Bonchev–Trinajstić information content (AvgIpc) is 3.19. The molecule has 1 fully saturated rings. The lowest BCUT2D eigenvalue weighted by atomic mass is 10.2. The van der Waals surface area contributed by atoms with Crippen LogP contribution >= 0.6 is 39.9 Å². The van der Waals surface area contributed by atoms with Gasteiger partial charge in [0.05, 0.1) is 0 Å². The van der Waals surface area contributed by atoms with E-state index in [-0.39, 0.29) is 24.0 Å². The first kappa shape index (κ1) is 21.9. The fourth-order valence-electron chi connectivity index (χ4n) is 3.18. The summed E-state index contributed by atoms with van der Waals surface area (Å²) in [5.74, 6) is 1.95. The van der Waals surface area contributed by atoms with Crippen molar-refractivity contribution in [3.8, 4) is 0 Å². The van der Waals surface area contributed by atoms with Crippen molar-refractivity contribution in [3.05, 3.63) is 58.2 Å². The number of nitrogens with zero attached hydrogens (tertiary/aromatic N) is 4. The van der Waals surface area contributed by atoms with E-state index in [0.717, 1.165) is 41.4 Å². The summed E-state index contributed by atoms with van der Waals surface area (Å²) in [5.41, 5.74) is 2.39. The molecular weight excluding hydrogens is 517 g/mol. The Kier molecular flexibility index (Phi) is 8.82. The lowest BCUT2D eigenvalue weighted by Crippen LogP contribution is -2.38. The second kappa shape index (κ2) is 10.8. The molecule has 0 aliphatic carbocycles. The Morgan fingerprint density at radius 3 is 2.59 bits per heavy atom. The molecule has 2 heterocycles. The van der Waals surface area contributed by atoms with E-state index in [2.05, 4.69) is 71.4 Å². The Hall–Kier alpha value is -1.35. The lowest BCUT2D eigenvalue weighted by molar-refractivity contribution is 0.475. The zero-order chi connectivity index (χ0) is 18.4. The maximum Gasteiger partial charge on any atom is 0.193 e. The van der Waals surface area contributed by atoms with Gasteiger partial charge in [-0.25, -0.2) is 4.98 Å². The first-order valence-electron chi connectivity index (χ1n) is 9.02. The van der Waals surface area contributed by atoms with Gasteiger partial charge in [0.2, 0.25) is 0 Å². The summed E-state index contributed by atoms with van der Waals surface area (Å²) >= 11 is 3.61. The van der Waals surface area contributed by atoms with Gasteiger partial charge < -0.3 is 15.1 Å². The zero-order valence-electron chi connectivity index (χ0n) is 15.9. The van der Waals surface area contributed by atoms with Crippen LogP contribution < -0.4 is 10.2 Å². The van der Waals surface area contributed by atoms with Crippen molar-refractivity contribution in [2.24, 2.45) is 4.99 Å². The van der Waals surface area contributed by atoms with Crippen molar-refractivity contribution in [2.45, 2.75) is 25.9 Å². The van der Waals surface area contributed by atoms with E-state index in [4.69, 9.17) is 0 Å². The monoisotopic (exact) mass is 543 g/mol. The van der Waals surface area contributed by atoms with Crippen molar-refractivity contribution in [1.29, 1.82) is 0 Å². The van der Waals surface area contributed by atoms with Crippen LogP contribution in [0, 0.1) is 0 Å². The summed E-state index contributed by atoms with van der Waals surface area (Å²) in [6.45, 7) is 3.74. The molecule has 146 valence electrons. The molecule has 0 spiro atoms. The molecule has 0 amide bonds. The van der Waals surface area contributed by atoms with Crippen LogP contribution in [-0.4, -0.2) is 43.0 Å². The second-order valence-corrected chi connectivity index (χ2v) is 7.42. The maximum atomic E-state index is 4.61. The standard InChI is InChI=1S/C20H26BrN5.HI/c1-22-20(25(2)15-17-7-3-4-8-18(17)21)24-14-16-9-10-19(23-13-16)26-11-5-6-12-26;/h3-4,7-10,13H,5-6,11-12,14-15H2,1-2H3,(H,22,24);1H. The fourth-order valence-corrected chi connectivity index (χ4v) is 3.59. The summed E-state index contributed by atoms with van der Waals surface area (Å²) in [6.07, 6.45) is 4.50. The Labute approximate surface area is 187 Å². The van der Waals surface area contributed by atoms with Crippen molar-refractivity contribution >= 4 is 51.7 Å². The number of hydrogen-bond acceptors (Lipinski definition) is 3. The molecule has 1 aromatic carbocycles. The predicted molar refractivity (Wildman–Crippen MR) is 127 cm³/mol. The van der Waals surface area contributed by atoms with Gasteiger partial charge in [0.15, 0.2) is 5.96 Å². The summed E-state index contributed by atoms with van der Waals surface area (Å²) in [5, 5.41) is 3.42. The van der Waals surface area contributed by atoms with Crippen LogP contribution in [0.4, 0.5) is 5.82 Å². The number of halogens is 2. The number of anilines is 1. The fraction of sp³-hybridized carbons (Fsp3) is 0.400. The van der Waals surface area contributed by atoms with Gasteiger partial charge in [-0.3, -0.25) is 4.99 Å². The van der Waals surface area contributed by atoms with Gasteiger partial charge in [-0.05, 0) is 36.1 Å². The van der Waals surface area contributed by atoms with Gasteiger partial charge in [0, 0.05) is 50.9 Å². The number of rotatable bonds is 5. The third-order valence-corrected chi connectivity index (χ3v) is 5.40. The lowest BCUT2D eigenvalue weighted by Gasteiger charge is -2.23. The van der Waals surface area contributed by atoms with E-state index in [0.29, 0.717) is 6.54 Å². The van der Waals surface area contributed by atoms with Crippen LogP contribution in [0.15, 0.2) is 52.1 Å². The van der Waals surface area contributed by atoms with E-state index in [1.807, 2.05) is 26.4 Å². The normalized spacial score (nSPS) is 14.0. The highest BCUT2D eigenvalue weighted by molar-refractivity contribution is 14.0. The average molecular weight is 544 g/mol. The number of nitrogens with one attached hydrogen (secondary N) is 1. The smallest absolute Gasteiger partial charge is 0.193 e. The van der Waals surface area contributed by atoms with Gasteiger partial charge in [-0.2, -0.15) is 0 Å². The van der Waals surface area contributed by atoms with Gasteiger partial charge >= 0.3 is 0 Å². The van der Waals surface area contributed by atoms with Crippen molar-refractivity contribution in [2.75, 3.05) is 32.1 Å². The largest absolute Gasteiger partial charge is 0.357 e. The van der Waals surface area contributed by atoms with Gasteiger partial charge in [0.1, 0.15) is 5.82 Å². The quantitative estimate of drug-likeness (QED) is 0.347. The number of hydrogen-bond donors (Lipinski definition) is 1. The van der Waals surface area contributed by atoms with Crippen LogP contribution in [0.1, 0.15) is 24.0 Å². The van der Waals surface area contributed by atoms with Crippen molar-refractivity contribution in [3.63, 3.8) is 0 Å². The van der Waals surface area contributed by atoms with Crippen LogP contribution in [0.25, 0.3) is 0 Å². The third kappa shape index (κ3) is 6.07. The topological polar surface area (TPSA) is 43.8 Å². The Balaban J connectivity index is 0.00000261. The van der Waals surface area contributed by atoms with Crippen molar-refractivity contribution < 1.29 is 0 Å². The third-order valence-electron chi connectivity index (χ3n) is 4.63. The predicted octanol–water partition coefficient (Wildman–Crippen LogP) is 4.27. The van der Waals surface area contributed by atoms with Crippen LogP contribution in [0.3, 0.4) is 0 Å². The molecule has 1 aliphatic heterocycles. The second-order valence-electron chi connectivity index (χ2n) is 6.57. The highest BCUT2D eigenvalue weighted by Crippen LogP contribution is 2.18. The highest BCUT2D eigenvalue weighted by atomic mass is 127. The minimum Gasteiger partial charge on any atom is -0.357 e. The van der Waals surface area contributed by atoms with E-state index in [1.165, 1.54) is 18.4 Å². The minimum atomic E-state index is 0. The summed E-state index contributed by atoms with van der Waals surface area (Å²) < 4.78 is 1.11. The summed E-state index contributed by atoms with van der Waals surface area (Å²) in [7, 11) is 3.86. The first-order chi connectivity index (χ1) is 12.7. The molecule has 27 heavy (non-hydrogen) atoms. The molecule has 0 saturated carbocycles. The zero-order valence-corrected chi connectivity index (χ0v) is 19.8. The molecular formula is C20H27BrIN5. The van der Waals surface area contributed by atoms with Crippen LogP contribution in [0.5, 0.6) is 0 Å². The highest BCUT2D eigenvalue weighted by Gasteiger charge is 2.13. The summed E-state index contributed by atoms with van der Waals surface area (Å²) in [6, 6.07) is 12.5. The van der Waals surface area contributed by atoms with Crippen LogP contribution in [0.2, 0.25) is 0 Å². The molecule has 3 rings (SSSR count). The maximum absolute atomic E-state index is 4.61. The number of aliphatic imine (C=N–C) groups is 1. The molecule has 0 bridgehead atoms. The molecule has 5 nitrogen and oxygen atoms in total. The van der Waals surface area contributed by atoms with Gasteiger partial charge in [0.25, 0.3) is 0 Å². The molecule has 2 aromatic rings. The molecule has 1 N–H and O–H groups in total. The SMILES string of the molecule is CN=C(NCc1ccc(N2CCCC2)nc1)N(C)Cc1ccccc1Br.I. The van der Waals surface area contributed by atoms with E-state index in [1.54, 1.807) is 0 Å². The molecule has 0 atom stereocenters. The Morgan fingerprint density at radius 1 is 1.22 bits per heavy atom. The minimum absolute atomic E-state index is 0. The number of pyridine rings is 1. The number of guanidine groups is 1. The first-order valence-corrected chi connectivity index (χ1v) is 9.82. The van der Waals surface area contributed by atoms with E-state index >= 15 is 0 Å².